The van der Waals surface area contributed by atoms with E-state index in [-0.39, 0.29) is 28.8 Å². The molecule has 4 aromatic rings. The van der Waals surface area contributed by atoms with Crippen molar-refractivity contribution >= 4 is 47.4 Å². The lowest BCUT2D eigenvalue weighted by Crippen LogP contribution is -2.50. The number of carbonyl (C=O) groups excluding carboxylic acids is 2. The molecule has 3 aromatic carbocycles. The molecule has 0 aliphatic carbocycles. The molecule has 0 aliphatic heterocycles. The molecule has 0 fully saturated rings. The van der Waals surface area contributed by atoms with E-state index in [0.29, 0.717) is 4.88 Å². The summed E-state index contributed by atoms with van der Waals surface area (Å²) in [6, 6.07) is 25.2. The molecule has 0 bridgehead atoms. The summed E-state index contributed by atoms with van der Waals surface area (Å²) in [4.78, 5) is 38.2. The summed E-state index contributed by atoms with van der Waals surface area (Å²) in [5, 5.41) is 16.7. The molecule has 2 amide bonds. The number of ether oxygens (including phenoxy) is 1. The van der Waals surface area contributed by atoms with Gasteiger partial charge in [-0.25, -0.2) is 17.9 Å². The van der Waals surface area contributed by atoms with E-state index in [4.69, 9.17) is 9.16 Å². The monoisotopic (exact) mass is 752 g/mol. The van der Waals surface area contributed by atoms with Crippen LogP contribution in [-0.4, -0.2) is 53.4 Å². The third kappa shape index (κ3) is 10.3. The Morgan fingerprint density at radius 3 is 1.98 bits per heavy atom. The summed E-state index contributed by atoms with van der Waals surface area (Å²) in [7, 11) is -5.18. The minimum atomic E-state index is -4.11. The number of hydrogen-bond donors (Lipinski definition) is 3. The highest BCUT2D eigenvalue weighted by molar-refractivity contribution is 7.89. The van der Waals surface area contributed by atoms with Gasteiger partial charge in [-0.05, 0) is 53.5 Å². The molecule has 2 atom stereocenters. The van der Waals surface area contributed by atoms with E-state index in [9.17, 15) is 28.1 Å². The molecular weight excluding hydrogens is 709 g/mol. The van der Waals surface area contributed by atoms with E-state index in [1.54, 1.807) is 12.1 Å². The number of sulfonamides is 1. The average Bonchev–Trinajstić information content (AvgIpc) is 3.58. The van der Waals surface area contributed by atoms with Crippen LogP contribution in [0.25, 0.3) is 0 Å². The SMILES string of the molecule is COC(=O)N[C@H](C(=O)NCc1ccc([C@@H](CO[Si](C)(C)C(C)(C)C)NS(=O)(=O)c2ccc([N+](=O)[O-])cc2)s1)C(c1ccccc1)c1ccccc1. The van der Waals surface area contributed by atoms with Crippen molar-refractivity contribution in [3.8, 4) is 0 Å². The first kappa shape index (κ1) is 39.4. The van der Waals surface area contributed by atoms with Crippen molar-refractivity contribution in [3.63, 3.8) is 0 Å². The summed E-state index contributed by atoms with van der Waals surface area (Å²) < 4.78 is 41.1. The Morgan fingerprint density at radius 2 is 1.47 bits per heavy atom. The van der Waals surface area contributed by atoms with Crippen molar-refractivity contribution in [2.75, 3.05) is 13.7 Å². The van der Waals surface area contributed by atoms with Crippen LogP contribution in [0, 0.1) is 10.1 Å². The van der Waals surface area contributed by atoms with Gasteiger partial charge in [0.2, 0.25) is 15.9 Å². The van der Waals surface area contributed by atoms with Crippen molar-refractivity contribution in [2.24, 2.45) is 0 Å². The Hall–Kier alpha value is -4.41. The molecule has 12 nitrogen and oxygen atoms in total. The molecule has 0 unspecified atom stereocenters. The molecule has 51 heavy (non-hydrogen) atoms. The quantitative estimate of drug-likeness (QED) is 0.0672. The number of nitro groups is 1. The predicted octanol–water partition coefficient (Wildman–Crippen LogP) is 6.87. The lowest BCUT2D eigenvalue weighted by Gasteiger charge is -2.37. The fraction of sp³-hybridized carbons (Fsp3) is 0.333. The Kier molecular flexibility index (Phi) is 12.9. The maximum atomic E-state index is 13.9. The zero-order valence-electron chi connectivity index (χ0n) is 29.4. The summed E-state index contributed by atoms with van der Waals surface area (Å²) in [5.74, 6) is -0.971. The smallest absolute Gasteiger partial charge is 0.407 e. The molecule has 3 N–H and O–H groups in total. The fourth-order valence-corrected chi connectivity index (χ4v) is 8.31. The van der Waals surface area contributed by atoms with Crippen LogP contribution in [0.4, 0.5) is 10.5 Å². The highest BCUT2D eigenvalue weighted by atomic mass is 32.2. The van der Waals surface area contributed by atoms with Crippen LogP contribution in [0.5, 0.6) is 0 Å². The van der Waals surface area contributed by atoms with E-state index in [2.05, 4.69) is 49.2 Å². The van der Waals surface area contributed by atoms with Crippen LogP contribution in [0.1, 0.15) is 53.6 Å². The average molecular weight is 753 g/mol. The number of amides is 2. The lowest BCUT2D eigenvalue weighted by molar-refractivity contribution is -0.384. The van der Waals surface area contributed by atoms with Crippen molar-refractivity contribution in [1.29, 1.82) is 0 Å². The van der Waals surface area contributed by atoms with Gasteiger partial charge in [-0.1, -0.05) is 81.4 Å². The minimum Gasteiger partial charge on any atom is -0.453 e. The Labute approximate surface area is 303 Å². The molecule has 15 heteroatoms. The number of carbonyl (C=O) groups is 2. The van der Waals surface area contributed by atoms with E-state index < -0.39 is 53.3 Å². The number of non-ortho nitro benzene ring substituents is 1. The molecule has 272 valence electrons. The van der Waals surface area contributed by atoms with E-state index in [1.165, 1.54) is 30.6 Å². The molecular formula is C36H44N4O8S2Si. The maximum Gasteiger partial charge on any atom is 0.407 e. The molecule has 1 aromatic heterocycles. The van der Waals surface area contributed by atoms with Gasteiger partial charge in [0, 0.05) is 27.8 Å². The number of rotatable bonds is 15. The highest BCUT2D eigenvalue weighted by Crippen LogP contribution is 2.38. The van der Waals surface area contributed by atoms with E-state index in [0.717, 1.165) is 28.1 Å². The molecule has 0 saturated heterocycles. The number of nitro benzene ring substituents is 1. The van der Waals surface area contributed by atoms with Crippen molar-refractivity contribution in [1.82, 2.24) is 15.4 Å². The number of thiophene rings is 1. The highest BCUT2D eigenvalue weighted by Gasteiger charge is 2.38. The Bertz CT molecular complexity index is 1860. The van der Waals surface area contributed by atoms with Gasteiger partial charge in [0.1, 0.15) is 6.04 Å². The molecule has 0 spiro atoms. The molecule has 0 saturated carbocycles. The van der Waals surface area contributed by atoms with Crippen molar-refractivity contribution < 1.29 is 32.1 Å². The Balaban J connectivity index is 1.59. The Morgan fingerprint density at radius 1 is 0.902 bits per heavy atom. The number of nitrogens with one attached hydrogen (secondary N) is 3. The second-order valence-electron chi connectivity index (χ2n) is 13.4. The zero-order chi connectivity index (χ0) is 37.4. The second-order valence-corrected chi connectivity index (χ2v) is 21.2. The first-order chi connectivity index (χ1) is 24.0. The summed E-state index contributed by atoms with van der Waals surface area (Å²) >= 11 is 1.31. The second kappa shape index (κ2) is 16.7. The van der Waals surface area contributed by atoms with Crippen LogP contribution < -0.4 is 15.4 Å². The predicted molar refractivity (Wildman–Crippen MR) is 200 cm³/mol. The first-order valence-corrected chi connectivity index (χ1v) is 21.4. The maximum absolute atomic E-state index is 13.9. The number of hydrogen-bond acceptors (Lipinski definition) is 9. The normalized spacial score (nSPS) is 13.3. The fourth-order valence-electron chi connectivity index (χ4n) is 5.03. The topological polar surface area (TPSA) is 166 Å². The third-order valence-corrected chi connectivity index (χ3v) is 16.1. The minimum absolute atomic E-state index is 0.0516. The molecule has 1 heterocycles. The van der Waals surface area contributed by atoms with Crippen LogP contribution >= 0.6 is 11.3 Å². The lowest BCUT2D eigenvalue weighted by atomic mass is 9.84. The van der Waals surface area contributed by atoms with Gasteiger partial charge in [-0.3, -0.25) is 14.9 Å². The number of methoxy groups -OCH3 is 1. The van der Waals surface area contributed by atoms with Gasteiger partial charge in [-0.15, -0.1) is 11.3 Å². The van der Waals surface area contributed by atoms with Gasteiger partial charge in [0.05, 0.1) is 36.1 Å². The van der Waals surface area contributed by atoms with Gasteiger partial charge in [-0.2, -0.15) is 0 Å². The van der Waals surface area contributed by atoms with Crippen molar-refractivity contribution in [2.45, 2.75) is 68.3 Å². The van der Waals surface area contributed by atoms with Crippen LogP contribution in [-0.2, 0) is 30.5 Å². The summed E-state index contributed by atoms with van der Waals surface area (Å²) in [5.41, 5.74) is 1.42. The van der Waals surface area contributed by atoms with Gasteiger partial charge < -0.3 is 19.8 Å². The zero-order valence-corrected chi connectivity index (χ0v) is 32.0. The summed E-state index contributed by atoms with van der Waals surface area (Å²) in [6.45, 7) is 10.6. The number of alkyl carbamates (subject to hydrolysis) is 1. The van der Waals surface area contributed by atoms with Gasteiger partial charge in [0.25, 0.3) is 5.69 Å². The van der Waals surface area contributed by atoms with Crippen LogP contribution in [0.2, 0.25) is 18.1 Å². The third-order valence-electron chi connectivity index (χ3n) is 8.93. The first-order valence-electron chi connectivity index (χ1n) is 16.2. The van der Waals surface area contributed by atoms with E-state index >= 15 is 0 Å². The standard InChI is InChI=1S/C36H44N4O8S2Si/c1-36(2,3)51(5,6)48-24-30(39-50(45,46)29-20-17-27(18-21-29)40(43)44)31-22-19-28(49-31)23-37-34(41)33(38-35(42)47-4)32(25-13-9-7-10-14-25)26-15-11-8-12-16-26/h7-22,30,32-33,39H,23-24H2,1-6H3,(H,37,41)(H,38,42)/t30-,33+/m1/s1. The van der Waals surface area contributed by atoms with Crippen LogP contribution in [0.15, 0.2) is 102 Å². The molecule has 4 rings (SSSR count). The largest absolute Gasteiger partial charge is 0.453 e. The number of nitrogens with zero attached hydrogens (tertiary/aromatic N) is 1. The van der Waals surface area contributed by atoms with Crippen molar-refractivity contribution in [3.05, 3.63) is 128 Å². The van der Waals surface area contributed by atoms with E-state index in [1.807, 2.05) is 60.7 Å². The number of benzene rings is 3. The summed E-state index contributed by atoms with van der Waals surface area (Å²) in [6.07, 6.45) is -0.754. The van der Waals surface area contributed by atoms with Gasteiger partial charge >= 0.3 is 6.09 Å². The van der Waals surface area contributed by atoms with Gasteiger partial charge in [0.15, 0.2) is 8.32 Å². The molecule has 0 radical (unpaired) electrons. The molecule has 0 aliphatic rings. The van der Waals surface area contributed by atoms with Crippen LogP contribution in [0.3, 0.4) is 0 Å².